The van der Waals surface area contributed by atoms with Crippen LogP contribution in [0.4, 0.5) is 5.69 Å². The molecule has 0 atom stereocenters. The van der Waals surface area contributed by atoms with Gasteiger partial charge in [-0.3, -0.25) is 9.59 Å². The van der Waals surface area contributed by atoms with Gasteiger partial charge in [0.2, 0.25) is 11.8 Å². The van der Waals surface area contributed by atoms with Gasteiger partial charge >= 0.3 is 0 Å². The zero-order valence-corrected chi connectivity index (χ0v) is 16.3. The first-order valence-corrected chi connectivity index (χ1v) is 9.31. The SMILES string of the molecule is COc1ccc(Cl)cc1CN(C)C(=O)Cc1ccc(N2CCCC2=O)cc1. The van der Waals surface area contributed by atoms with Crippen LogP contribution < -0.4 is 9.64 Å². The lowest BCUT2D eigenvalue weighted by atomic mass is 10.1. The second-order valence-corrected chi connectivity index (χ2v) is 7.13. The van der Waals surface area contributed by atoms with E-state index in [1.54, 1.807) is 36.1 Å². The Bertz CT molecular complexity index is 836. The first kappa shape index (κ1) is 19.2. The molecular weight excluding hydrogens is 364 g/mol. The molecule has 1 aliphatic rings. The second-order valence-electron chi connectivity index (χ2n) is 6.70. The van der Waals surface area contributed by atoms with E-state index in [2.05, 4.69) is 0 Å². The lowest BCUT2D eigenvalue weighted by molar-refractivity contribution is -0.129. The zero-order chi connectivity index (χ0) is 19.4. The molecule has 0 aliphatic carbocycles. The minimum absolute atomic E-state index is 0.00188. The Hall–Kier alpha value is -2.53. The summed E-state index contributed by atoms with van der Waals surface area (Å²) in [5, 5.41) is 0.610. The normalized spacial score (nSPS) is 13.7. The molecule has 0 bridgehead atoms. The number of halogens is 1. The van der Waals surface area contributed by atoms with Crippen LogP contribution in [0, 0.1) is 0 Å². The number of ether oxygens (including phenoxy) is 1. The summed E-state index contributed by atoms with van der Waals surface area (Å²) < 4.78 is 5.34. The molecule has 27 heavy (non-hydrogen) atoms. The highest BCUT2D eigenvalue weighted by Gasteiger charge is 2.21. The summed E-state index contributed by atoms with van der Waals surface area (Å²) in [5.74, 6) is 0.870. The van der Waals surface area contributed by atoms with Crippen molar-refractivity contribution in [1.29, 1.82) is 0 Å². The third kappa shape index (κ3) is 4.61. The number of rotatable bonds is 6. The summed E-state index contributed by atoms with van der Waals surface area (Å²) in [5.41, 5.74) is 2.68. The number of benzene rings is 2. The molecular formula is C21H23ClN2O3. The number of hydrogen-bond donors (Lipinski definition) is 0. The van der Waals surface area contributed by atoms with Crippen molar-refractivity contribution in [2.45, 2.75) is 25.8 Å². The van der Waals surface area contributed by atoms with Crippen molar-refractivity contribution in [3.8, 4) is 5.75 Å². The van der Waals surface area contributed by atoms with Crippen molar-refractivity contribution in [1.82, 2.24) is 4.90 Å². The Morgan fingerprint density at radius 1 is 1.22 bits per heavy atom. The van der Waals surface area contributed by atoms with Crippen LogP contribution in [0.1, 0.15) is 24.0 Å². The fraction of sp³-hybridized carbons (Fsp3) is 0.333. The number of nitrogens with zero attached hydrogens (tertiary/aromatic N) is 2. The number of amides is 2. The lowest BCUT2D eigenvalue weighted by Gasteiger charge is -2.20. The summed E-state index contributed by atoms with van der Waals surface area (Å²) in [6.07, 6.45) is 1.81. The molecule has 0 N–H and O–H groups in total. The van der Waals surface area contributed by atoms with Gasteiger partial charge in [0.1, 0.15) is 5.75 Å². The number of methoxy groups -OCH3 is 1. The van der Waals surface area contributed by atoms with Gasteiger partial charge in [-0.2, -0.15) is 0 Å². The Balaban J connectivity index is 1.63. The number of likely N-dealkylation sites (N-methyl/N-ethyl adjacent to an activating group) is 1. The first-order valence-electron chi connectivity index (χ1n) is 8.93. The molecule has 0 unspecified atom stereocenters. The quantitative estimate of drug-likeness (QED) is 0.761. The highest BCUT2D eigenvalue weighted by Crippen LogP contribution is 2.24. The van der Waals surface area contributed by atoms with Crippen molar-refractivity contribution < 1.29 is 14.3 Å². The fourth-order valence-electron chi connectivity index (χ4n) is 3.24. The van der Waals surface area contributed by atoms with Gasteiger partial charge < -0.3 is 14.5 Å². The predicted octanol–water partition coefficient (Wildman–Crippen LogP) is 3.68. The average Bonchev–Trinajstić information content (AvgIpc) is 3.08. The van der Waals surface area contributed by atoms with Crippen LogP contribution in [0.25, 0.3) is 0 Å². The van der Waals surface area contributed by atoms with Crippen molar-refractivity contribution >= 4 is 29.1 Å². The van der Waals surface area contributed by atoms with Crippen LogP contribution in [0.2, 0.25) is 5.02 Å². The van der Waals surface area contributed by atoms with Crippen molar-refractivity contribution in [2.24, 2.45) is 0 Å². The summed E-state index contributed by atoms with van der Waals surface area (Å²) in [4.78, 5) is 27.9. The molecule has 2 aromatic rings. The molecule has 1 aliphatic heterocycles. The second kappa shape index (κ2) is 8.44. The highest BCUT2D eigenvalue weighted by atomic mass is 35.5. The Labute approximate surface area is 164 Å². The van der Waals surface area contributed by atoms with Crippen molar-refractivity contribution in [2.75, 3.05) is 25.6 Å². The third-order valence-electron chi connectivity index (χ3n) is 4.75. The Morgan fingerprint density at radius 2 is 1.96 bits per heavy atom. The molecule has 1 saturated heterocycles. The van der Waals surface area contributed by atoms with Gasteiger partial charge in [0.05, 0.1) is 13.5 Å². The fourth-order valence-corrected chi connectivity index (χ4v) is 3.43. The lowest BCUT2D eigenvalue weighted by Crippen LogP contribution is -2.28. The van der Waals surface area contributed by atoms with E-state index in [9.17, 15) is 9.59 Å². The smallest absolute Gasteiger partial charge is 0.227 e. The van der Waals surface area contributed by atoms with Gasteiger partial charge in [-0.1, -0.05) is 23.7 Å². The van der Waals surface area contributed by atoms with Crippen LogP contribution in [0.5, 0.6) is 5.75 Å². The van der Waals surface area contributed by atoms with Crippen LogP contribution in [-0.2, 0) is 22.6 Å². The molecule has 0 spiro atoms. The largest absolute Gasteiger partial charge is 0.496 e. The maximum Gasteiger partial charge on any atom is 0.227 e. The number of carbonyl (C=O) groups excluding carboxylic acids is 2. The van der Waals surface area contributed by atoms with E-state index in [1.165, 1.54) is 0 Å². The maximum atomic E-state index is 12.6. The van der Waals surface area contributed by atoms with Crippen LogP contribution >= 0.6 is 11.6 Å². The Kier molecular flexibility index (Phi) is 6.01. The van der Waals surface area contributed by atoms with Gasteiger partial charge in [-0.15, -0.1) is 0 Å². The van der Waals surface area contributed by atoms with Gasteiger partial charge in [0, 0.05) is 42.8 Å². The van der Waals surface area contributed by atoms with Gasteiger partial charge in [0.25, 0.3) is 0 Å². The molecule has 3 rings (SSSR count). The molecule has 0 saturated carbocycles. The van der Waals surface area contributed by atoms with E-state index in [1.807, 2.05) is 30.3 Å². The van der Waals surface area contributed by atoms with Gasteiger partial charge in [0.15, 0.2) is 0 Å². The zero-order valence-electron chi connectivity index (χ0n) is 15.6. The molecule has 5 nitrogen and oxygen atoms in total. The molecule has 0 aromatic heterocycles. The molecule has 1 fully saturated rings. The van der Waals surface area contributed by atoms with E-state index in [0.717, 1.165) is 29.8 Å². The maximum absolute atomic E-state index is 12.6. The van der Waals surface area contributed by atoms with E-state index in [-0.39, 0.29) is 11.8 Å². The molecule has 0 radical (unpaired) electrons. The van der Waals surface area contributed by atoms with E-state index < -0.39 is 0 Å². The van der Waals surface area contributed by atoms with Crippen LogP contribution in [0.15, 0.2) is 42.5 Å². The molecule has 1 heterocycles. The third-order valence-corrected chi connectivity index (χ3v) is 4.99. The van der Waals surface area contributed by atoms with E-state index in [0.29, 0.717) is 30.2 Å². The standard InChI is InChI=1S/C21H23ClN2O3/c1-23(14-16-13-17(22)7-10-19(16)27-2)21(26)12-15-5-8-18(9-6-15)24-11-3-4-20(24)25/h5-10,13H,3-4,11-12,14H2,1-2H3. The molecule has 6 heteroatoms. The summed E-state index contributed by atoms with van der Waals surface area (Å²) in [7, 11) is 3.36. The van der Waals surface area contributed by atoms with Crippen molar-refractivity contribution in [3.05, 3.63) is 58.6 Å². The molecule has 2 amide bonds. The highest BCUT2D eigenvalue weighted by molar-refractivity contribution is 6.30. The first-order chi connectivity index (χ1) is 13.0. The minimum atomic E-state index is 0.00188. The predicted molar refractivity (Wildman–Crippen MR) is 106 cm³/mol. The van der Waals surface area contributed by atoms with Crippen LogP contribution in [0.3, 0.4) is 0 Å². The summed E-state index contributed by atoms with van der Waals surface area (Å²) >= 11 is 6.06. The number of anilines is 1. The topological polar surface area (TPSA) is 49.9 Å². The van der Waals surface area contributed by atoms with Gasteiger partial charge in [-0.25, -0.2) is 0 Å². The monoisotopic (exact) mass is 386 g/mol. The average molecular weight is 387 g/mol. The number of hydrogen-bond acceptors (Lipinski definition) is 3. The van der Waals surface area contributed by atoms with E-state index >= 15 is 0 Å². The van der Waals surface area contributed by atoms with E-state index in [4.69, 9.17) is 16.3 Å². The van der Waals surface area contributed by atoms with Crippen LogP contribution in [-0.4, -0.2) is 37.4 Å². The summed E-state index contributed by atoms with van der Waals surface area (Å²) in [6, 6.07) is 13.0. The number of carbonyl (C=O) groups is 2. The molecule has 142 valence electrons. The minimum Gasteiger partial charge on any atom is -0.496 e. The Morgan fingerprint density at radius 3 is 2.59 bits per heavy atom. The van der Waals surface area contributed by atoms with Gasteiger partial charge in [-0.05, 0) is 42.3 Å². The molecule has 2 aromatic carbocycles. The van der Waals surface area contributed by atoms with Crippen molar-refractivity contribution in [3.63, 3.8) is 0 Å². The summed E-state index contributed by atoms with van der Waals surface area (Å²) in [6.45, 7) is 1.18.